The van der Waals surface area contributed by atoms with Crippen LogP contribution < -0.4 is 0 Å². The molecule has 0 radical (unpaired) electrons. The van der Waals surface area contributed by atoms with Crippen LogP contribution in [0, 0.1) is 0 Å². The van der Waals surface area contributed by atoms with E-state index in [2.05, 4.69) is 36.8 Å². The highest BCUT2D eigenvalue weighted by Crippen LogP contribution is 1.87. The second kappa shape index (κ2) is 7.88. The number of aromatic nitrogens is 1. The van der Waals surface area contributed by atoms with Gasteiger partial charge in [0, 0.05) is 12.4 Å². The molecule has 0 bridgehead atoms. The van der Waals surface area contributed by atoms with Gasteiger partial charge in [-0.05, 0) is 28.1 Å². The fourth-order valence-electron chi connectivity index (χ4n) is 0.313. The van der Waals surface area contributed by atoms with Crippen molar-refractivity contribution in [2.75, 3.05) is 5.33 Å². The van der Waals surface area contributed by atoms with Crippen LogP contribution in [0.25, 0.3) is 0 Å². The average Bonchev–Trinajstić information content (AvgIpc) is 2.09. The molecule has 0 saturated heterocycles. The predicted octanol–water partition coefficient (Wildman–Crippen LogP) is 2.38. The fraction of sp³-hybridized carbons (Fsp3) is 0.143. The normalized spacial score (nSPS) is 7.82. The SMILES string of the molecule is O=C(Br)CBr.c1ccncc1. The number of alkyl halides is 1. The van der Waals surface area contributed by atoms with E-state index in [0.29, 0.717) is 5.33 Å². The van der Waals surface area contributed by atoms with Gasteiger partial charge < -0.3 is 0 Å². The number of carbonyl (C=O) groups excluding carboxylic acids is 1. The van der Waals surface area contributed by atoms with Crippen LogP contribution in [0.3, 0.4) is 0 Å². The predicted molar refractivity (Wildman–Crippen MR) is 52.0 cm³/mol. The molecule has 1 aromatic rings. The van der Waals surface area contributed by atoms with E-state index in [0.717, 1.165) is 0 Å². The third-order valence-corrected chi connectivity index (χ3v) is 2.21. The Morgan fingerprint density at radius 1 is 1.27 bits per heavy atom. The molecule has 0 amide bonds. The average molecular weight is 281 g/mol. The Labute approximate surface area is 82.3 Å². The van der Waals surface area contributed by atoms with E-state index in [1.54, 1.807) is 12.4 Å². The first-order valence-corrected chi connectivity index (χ1v) is 4.78. The largest absolute Gasteiger partial charge is 0.286 e. The molecular formula is C7H7Br2NO. The zero-order valence-electron chi connectivity index (χ0n) is 5.71. The number of rotatable bonds is 1. The van der Waals surface area contributed by atoms with E-state index in [9.17, 15) is 4.79 Å². The van der Waals surface area contributed by atoms with E-state index in [1.165, 1.54) is 0 Å². The van der Waals surface area contributed by atoms with Crippen molar-refractivity contribution in [1.82, 2.24) is 4.98 Å². The molecule has 0 aromatic carbocycles. The highest BCUT2D eigenvalue weighted by atomic mass is 79.9. The Morgan fingerprint density at radius 2 is 1.73 bits per heavy atom. The fourth-order valence-corrected chi connectivity index (χ4v) is 0.313. The van der Waals surface area contributed by atoms with Crippen LogP contribution in [0.5, 0.6) is 0 Å². The number of pyridine rings is 1. The van der Waals surface area contributed by atoms with Crippen molar-refractivity contribution < 1.29 is 4.79 Å². The molecule has 0 aliphatic heterocycles. The van der Waals surface area contributed by atoms with Crippen molar-refractivity contribution in [1.29, 1.82) is 0 Å². The van der Waals surface area contributed by atoms with Crippen LogP contribution in [-0.4, -0.2) is 15.0 Å². The molecule has 0 unspecified atom stereocenters. The summed E-state index contributed by atoms with van der Waals surface area (Å²) in [6.07, 6.45) is 3.50. The molecule has 0 spiro atoms. The maximum absolute atomic E-state index is 9.68. The minimum atomic E-state index is -0.0162. The maximum atomic E-state index is 9.68. The molecule has 60 valence electrons. The second-order valence-corrected chi connectivity index (χ2v) is 2.96. The van der Waals surface area contributed by atoms with Gasteiger partial charge in [-0.15, -0.1) is 0 Å². The van der Waals surface area contributed by atoms with E-state index in [1.807, 2.05) is 18.2 Å². The Balaban J connectivity index is 0.000000187. The first-order valence-electron chi connectivity index (χ1n) is 2.86. The number of hydrogen-bond acceptors (Lipinski definition) is 2. The molecule has 0 aliphatic carbocycles. The minimum Gasteiger partial charge on any atom is -0.286 e. The minimum absolute atomic E-state index is 0.0162. The smallest absolute Gasteiger partial charge is 0.208 e. The molecular weight excluding hydrogens is 274 g/mol. The Bertz CT molecular complexity index is 164. The number of hydrogen-bond donors (Lipinski definition) is 0. The topological polar surface area (TPSA) is 30.0 Å². The molecule has 1 rings (SSSR count). The van der Waals surface area contributed by atoms with E-state index < -0.39 is 0 Å². The van der Waals surface area contributed by atoms with Gasteiger partial charge in [-0.3, -0.25) is 9.78 Å². The van der Waals surface area contributed by atoms with Crippen molar-refractivity contribution in [3.63, 3.8) is 0 Å². The second-order valence-electron chi connectivity index (χ2n) is 1.51. The lowest BCUT2D eigenvalue weighted by atomic mass is 10.5. The standard InChI is InChI=1S/C5H5N.C2H2Br2O/c1-2-4-6-5-3-1;3-1-2(4)5/h1-5H;1H2. The summed E-state index contributed by atoms with van der Waals surface area (Å²) in [6, 6.07) is 5.72. The number of nitrogens with zero attached hydrogens (tertiary/aromatic N) is 1. The van der Waals surface area contributed by atoms with Crippen LogP contribution in [0.1, 0.15) is 0 Å². The highest BCUT2D eigenvalue weighted by Gasteiger charge is 1.82. The van der Waals surface area contributed by atoms with Gasteiger partial charge in [-0.2, -0.15) is 0 Å². The monoisotopic (exact) mass is 279 g/mol. The highest BCUT2D eigenvalue weighted by molar-refractivity contribution is 9.19. The number of carbonyl (C=O) groups is 1. The molecule has 0 atom stereocenters. The molecule has 0 N–H and O–H groups in total. The first kappa shape index (κ1) is 10.8. The zero-order valence-corrected chi connectivity index (χ0v) is 8.88. The van der Waals surface area contributed by atoms with Crippen LogP contribution in [0.4, 0.5) is 0 Å². The third-order valence-electron chi connectivity index (χ3n) is 0.672. The first-order chi connectivity index (χ1) is 5.27. The van der Waals surface area contributed by atoms with Gasteiger partial charge in [0.25, 0.3) is 0 Å². The van der Waals surface area contributed by atoms with Gasteiger partial charge in [0.1, 0.15) is 0 Å². The third kappa shape index (κ3) is 9.78. The lowest BCUT2D eigenvalue weighted by Crippen LogP contribution is -1.79. The van der Waals surface area contributed by atoms with Crippen molar-refractivity contribution in [2.24, 2.45) is 0 Å². The molecule has 4 heteroatoms. The van der Waals surface area contributed by atoms with Crippen LogP contribution in [-0.2, 0) is 4.79 Å². The lowest BCUT2D eigenvalue weighted by molar-refractivity contribution is -0.108. The van der Waals surface area contributed by atoms with Gasteiger partial charge in [0.15, 0.2) is 0 Å². The summed E-state index contributed by atoms with van der Waals surface area (Å²) in [7, 11) is 0. The van der Waals surface area contributed by atoms with E-state index >= 15 is 0 Å². The van der Waals surface area contributed by atoms with Gasteiger partial charge in [0.2, 0.25) is 4.69 Å². The van der Waals surface area contributed by atoms with Crippen molar-refractivity contribution >= 4 is 36.6 Å². The van der Waals surface area contributed by atoms with Crippen molar-refractivity contribution in [3.05, 3.63) is 30.6 Å². The van der Waals surface area contributed by atoms with Crippen molar-refractivity contribution in [3.8, 4) is 0 Å². The summed E-state index contributed by atoms with van der Waals surface area (Å²) >= 11 is 5.60. The lowest BCUT2D eigenvalue weighted by Gasteiger charge is -1.70. The van der Waals surface area contributed by atoms with Gasteiger partial charge >= 0.3 is 0 Å². The summed E-state index contributed by atoms with van der Waals surface area (Å²) in [6.45, 7) is 0. The summed E-state index contributed by atoms with van der Waals surface area (Å²) in [5.41, 5.74) is 0. The quantitative estimate of drug-likeness (QED) is 0.584. The summed E-state index contributed by atoms with van der Waals surface area (Å²) in [4.78, 5) is 13.5. The maximum Gasteiger partial charge on any atom is 0.208 e. The van der Waals surface area contributed by atoms with Crippen LogP contribution in [0.15, 0.2) is 30.6 Å². The molecule has 0 fully saturated rings. The van der Waals surface area contributed by atoms with Crippen molar-refractivity contribution in [2.45, 2.75) is 0 Å². The van der Waals surface area contributed by atoms with Gasteiger partial charge in [-0.25, -0.2) is 0 Å². The molecule has 0 saturated carbocycles. The Morgan fingerprint density at radius 3 is 1.82 bits per heavy atom. The van der Waals surface area contributed by atoms with E-state index in [4.69, 9.17) is 0 Å². The van der Waals surface area contributed by atoms with Crippen LogP contribution >= 0.6 is 31.9 Å². The van der Waals surface area contributed by atoms with Crippen LogP contribution in [0.2, 0.25) is 0 Å². The molecule has 1 heterocycles. The molecule has 2 nitrogen and oxygen atoms in total. The van der Waals surface area contributed by atoms with E-state index in [-0.39, 0.29) is 4.69 Å². The van der Waals surface area contributed by atoms with Gasteiger partial charge in [0.05, 0.1) is 5.33 Å². The molecule has 0 aliphatic rings. The zero-order chi connectivity index (χ0) is 8.53. The van der Waals surface area contributed by atoms with Gasteiger partial charge in [-0.1, -0.05) is 22.0 Å². The summed E-state index contributed by atoms with van der Waals surface area (Å²) < 4.78 is -0.0162. The number of halogens is 2. The molecule has 11 heavy (non-hydrogen) atoms. The molecule has 1 aromatic heterocycles. The Kier molecular flexibility index (Phi) is 7.72. The summed E-state index contributed by atoms with van der Waals surface area (Å²) in [5, 5.41) is 0.396. The summed E-state index contributed by atoms with van der Waals surface area (Å²) in [5.74, 6) is 0. The Hall–Kier alpha value is -0.220.